The molecule has 0 heterocycles. The Hall–Kier alpha value is -3.10. The Bertz CT molecular complexity index is 1040. The Morgan fingerprint density at radius 1 is 1.03 bits per heavy atom. The highest BCUT2D eigenvalue weighted by atomic mass is 16.5. The average molecular weight is 497 g/mol. The predicted octanol–water partition coefficient (Wildman–Crippen LogP) is 4.70. The zero-order valence-electron chi connectivity index (χ0n) is 22.2. The molecule has 1 atom stereocenters. The van der Waals surface area contributed by atoms with E-state index in [1.807, 2.05) is 37.3 Å². The van der Waals surface area contributed by atoms with Gasteiger partial charge in [0, 0.05) is 19.8 Å². The molecule has 8 nitrogen and oxygen atoms in total. The summed E-state index contributed by atoms with van der Waals surface area (Å²) in [7, 11) is 5.01. The average Bonchev–Trinajstić information content (AvgIpc) is 2.84. The summed E-state index contributed by atoms with van der Waals surface area (Å²) in [6.07, 6.45) is 2.97. The number of aryl methyl sites for hydroxylation is 1. The normalized spacial score (nSPS) is 18.8. The van der Waals surface area contributed by atoms with Crippen LogP contribution in [0.3, 0.4) is 0 Å². The van der Waals surface area contributed by atoms with Crippen LogP contribution in [0.1, 0.15) is 56.6 Å². The Kier molecular flexibility index (Phi) is 8.98. The topological polar surface area (TPSA) is 103 Å². The Morgan fingerprint density at radius 2 is 1.67 bits per heavy atom. The van der Waals surface area contributed by atoms with Crippen LogP contribution in [0.25, 0.3) is 0 Å². The van der Waals surface area contributed by atoms with E-state index >= 15 is 0 Å². The van der Waals surface area contributed by atoms with E-state index in [-0.39, 0.29) is 17.9 Å². The van der Waals surface area contributed by atoms with Gasteiger partial charge >= 0.3 is 6.03 Å². The third kappa shape index (κ3) is 6.98. The molecule has 2 aromatic rings. The molecule has 196 valence electrons. The van der Waals surface area contributed by atoms with Crippen molar-refractivity contribution in [3.05, 3.63) is 53.6 Å². The van der Waals surface area contributed by atoms with E-state index in [2.05, 4.69) is 28.1 Å². The maximum atomic E-state index is 12.5. The zero-order chi connectivity index (χ0) is 26.5. The number of methoxy groups -OCH3 is 1. The number of aliphatic hydroxyl groups excluding tert-OH is 1. The van der Waals surface area contributed by atoms with Gasteiger partial charge in [-0.15, -0.1) is 0 Å². The number of ether oxygens (including phenoxy) is 1. The molecule has 0 spiro atoms. The van der Waals surface area contributed by atoms with Crippen molar-refractivity contribution >= 4 is 23.3 Å². The van der Waals surface area contributed by atoms with Crippen molar-refractivity contribution in [2.75, 3.05) is 31.8 Å². The lowest BCUT2D eigenvalue weighted by molar-refractivity contribution is -0.136. The molecule has 1 unspecified atom stereocenters. The van der Waals surface area contributed by atoms with Crippen molar-refractivity contribution in [1.82, 2.24) is 10.2 Å². The molecule has 1 aliphatic rings. The number of benzene rings is 2. The number of carbonyl (C=O) groups is 2. The highest BCUT2D eigenvalue weighted by Crippen LogP contribution is 2.37. The summed E-state index contributed by atoms with van der Waals surface area (Å²) in [6, 6.07) is 13.2. The summed E-state index contributed by atoms with van der Waals surface area (Å²) in [5.41, 5.74) is 2.77. The van der Waals surface area contributed by atoms with Gasteiger partial charge in [0.1, 0.15) is 12.0 Å². The molecular formula is C28H40N4O4. The summed E-state index contributed by atoms with van der Waals surface area (Å²) in [5, 5.41) is 19.6. The molecule has 1 saturated carbocycles. The fourth-order valence-electron chi connectivity index (χ4n) is 4.92. The third-order valence-corrected chi connectivity index (χ3v) is 6.91. The predicted molar refractivity (Wildman–Crippen MR) is 143 cm³/mol. The molecule has 2 aromatic carbocycles. The Labute approximate surface area is 214 Å². The quantitative estimate of drug-likeness (QED) is 0.397. The van der Waals surface area contributed by atoms with Crippen LogP contribution < -0.4 is 20.7 Å². The largest absolute Gasteiger partial charge is 0.495 e. The summed E-state index contributed by atoms with van der Waals surface area (Å²) in [6.45, 7) is 5.56. The van der Waals surface area contributed by atoms with Gasteiger partial charge in [0.2, 0.25) is 5.91 Å². The van der Waals surface area contributed by atoms with Crippen LogP contribution in [-0.4, -0.2) is 54.9 Å². The molecule has 36 heavy (non-hydrogen) atoms. The Balaban J connectivity index is 1.51. The van der Waals surface area contributed by atoms with E-state index in [9.17, 15) is 14.7 Å². The minimum absolute atomic E-state index is 0.0596. The zero-order valence-corrected chi connectivity index (χ0v) is 22.2. The second-order valence-corrected chi connectivity index (χ2v) is 10.4. The molecular weight excluding hydrogens is 456 g/mol. The minimum atomic E-state index is -0.820. The van der Waals surface area contributed by atoms with E-state index in [0.29, 0.717) is 23.0 Å². The molecule has 8 heteroatoms. The highest BCUT2D eigenvalue weighted by molar-refractivity contribution is 6.00. The van der Waals surface area contributed by atoms with Crippen LogP contribution in [0, 0.1) is 12.8 Å². The van der Waals surface area contributed by atoms with Crippen molar-refractivity contribution in [3.8, 4) is 5.75 Å². The highest BCUT2D eigenvalue weighted by Gasteiger charge is 2.35. The number of hydrogen-bond donors (Lipinski definition) is 4. The molecule has 3 amide bonds. The van der Waals surface area contributed by atoms with Gasteiger partial charge in [0.05, 0.1) is 18.3 Å². The monoisotopic (exact) mass is 496 g/mol. The second-order valence-electron chi connectivity index (χ2n) is 10.4. The van der Waals surface area contributed by atoms with E-state index < -0.39 is 11.8 Å². The number of carbonyl (C=O) groups excluding carboxylic acids is 2. The van der Waals surface area contributed by atoms with Gasteiger partial charge in [-0.1, -0.05) is 18.2 Å². The summed E-state index contributed by atoms with van der Waals surface area (Å²) >= 11 is 0. The summed E-state index contributed by atoms with van der Waals surface area (Å²) in [5.74, 6) is 1.06. The van der Waals surface area contributed by atoms with E-state index in [0.717, 1.165) is 31.2 Å². The number of rotatable bonds is 8. The number of nitrogens with zero attached hydrogens (tertiary/aromatic N) is 1. The first-order valence-corrected chi connectivity index (χ1v) is 12.5. The van der Waals surface area contributed by atoms with Crippen LogP contribution in [0.15, 0.2) is 42.5 Å². The van der Waals surface area contributed by atoms with Gasteiger partial charge < -0.3 is 25.4 Å². The van der Waals surface area contributed by atoms with Crippen molar-refractivity contribution in [2.45, 2.75) is 64.1 Å². The molecule has 1 aliphatic carbocycles. The van der Waals surface area contributed by atoms with Crippen LogP contribution in [-0.2, 0) is 4.79 Å². The Morgan fingerprint density at radius 3 is 2.25 bits per heavy atom. The van der Waals surface area contributed by atoms with Gasteiger partial charge in [-0.2, -0.15) is 0 Å². The van der Waals surface area contributed by atoms with E-state index in [4.69, 9.17) is 4.74 Å². The fraction of sp³-hybridized carbons (Fsp3) is 0.500. The van der Waals surface area contributed by atoms with E-state index in [1.54, 1.807) is 35.1 Å². The van der Waals surface area contributed by atoms with Gasteiger partial charge in [0.25, 0.3) is 0 Å². The fourth-order valence-corrected chi connectivity index (χ4v) is 4.92. The molecule has 0 aromatic heterocycles. The van der Waals surface area contributed by atoms with Crippen molar-refractivity contribution < 1.29 is 19.4 Å². The second kappa shape index (κ2) is 11.8. The molecule has 0 radical (unpaired) electrons. The molecule has 0 bridgehead atoms. The van der Waals surface area contributed by atoms with Crippen LogP contribution in [0.5, 0.6) is 5.75 Å². The number of amides is 3. The number of aliphatic hydroxyl groups is 1. The first kappa shape index (κ1) is 27.5. The minimum Gasteiger partial charge on any atom is -0.495 e. The maximum absolute atomic E-state index is 12.5. The van der Waals surface area contributed by atoms with Crippen molar-refractivity contribution in [2.24, 2.45) is 5.92 Å². The molecule has 4 N–H and O–H groups in total. The first-order chi connectivity index (χ1) is 17.0. The van der Waals surface area contributed by atoms with Crippen molar-refractivity contribution in [1.29, 1.82) is 0 Å². The molecule has 0 saturated heterocycles. The molecule has 1 fully saturated rings. The lowest BCUT2D eigenvalue weighted by Crippen LogP contribution is -2.57. The standard InChI is InChI=1S/C28H40N4O4/c1-18-7-16-24(36-6)23(17-18)30-27(35)29-22-14-12-20(13-15-22)19-8-10-21(11-9-19)25(33)31-28(2,3)26(34)32(4)5/h7,12-17,19,21,25,31,33H,8-11H2,1-6H3,(H2,29,30,35). The van der Waals surface area contributed by atoms with Crippen LogP contribution in [0.4, 0.5) is 16.2 Å². The molecule has 0 aliphatic heterocycles. The van der Waals surface area contributed by atoms with E-state index in [1.165, 1.54) is 10.5 Å². The number of likely N-dealkylation sites (N-methyl/N-ethyl adjacent to an activating group) is 1. The van der Waals surface area contributed by atoms with Gasteiger partial charge in [-0.25, -0.2) is 4.79 Å². The summed E-state index contributed by atoms with van der Waals surface area (Å²) in [4.78, 5) is 26.4. The lowest BCUT2D eigenvalue weighted by atomic mass is 9.77. The molecule has 3 rings (SSSR count). The number of anilines is 2. The number of nitrogens with one attached hydrogen (secondary N) is 3. The van der Waals surface area contributed by atoms with Crippen LogP contribution >= 0.6 is 0 Å². The lowest BCUT2D eigenvalue weighted by Gasteiger charge is -2.37. The van der Waals surface area contributed by atoms with Gasteiger partial charge in [0.15, 0.2) is 0 Å². The van der Waals surface area contributed by atoms with Gasteiger partial charge in [-0.05, 0) is 93.7 Å². The maximum Gasteiger partial charge on any atom is 0.323 e. The number of urea groups is 1. The first-order valence-electron chi connectivity index (χ1n) is 12.5. The van der Waals surface area contributed by atoms with Crippen LogP contribution in [0.2, 0.25) is 0 Å². The number of hydrogen-bond acceptors (Lipinski definition) is 5. The van der Waals surface area contributed by atoms with Crippen molar-refractivity contribution in [3.63, 3.8) is 0 Å². The third-order valence-electron chi connectivity index (χ3n) is 6.91. The SMILES string of the molecule is COc1ccc(C)cc1NC(=O)Nc1ccc(C2CCC(C(O)NC(C)(C)C(=O)N(C)C)CC2)cc1. The van der Waals surface area contributed by atoms with Gasteiger partial charge in [-0.3, -0.25) is 10.1 Å². The summed E-state index contributed by atoms with van der Waals surface area (Å²) < 4.78 is 5.32. The smallest absolute Gasteiger partial charge is 0.323 e.